The summed E-state index contributed by atoms with van der Waals surface area (Å²) in [5.41, 5.74) is 0. The zero-order valence-electron chi connectivity index (χ0n) is 11.3. The summed E-state index contributed by atoms with van der Waals surface area (Å²) in [7, 11) is 1.64. The number of hydrogen-bond acceptors (Lipinski definition) is 4. The zero-order valence-corrected chi connectivity index (χ0v) is 11.3. The molecule has 2 rings (SSSR count). The van der Waals surface area contributed by atoms with Crippen LogP contribution in [0.25, 0.3) is 0 Å². The van der Waals surface area contributed by atoms with E-state index in [0.717, 1.165) is 19.6 Å². The number of aromatic nitrogens is 1. The first-order valence-corrected chi connectivity index (χ1v) is 6.42. The average Bonchev–Trinajstić information content (AvgIpc) is 2.38. The third-order valence-corrected chi connectivity index (χ3v) is 3.35. The molecule has 0 spiro atoms. The van der Waals surface area contributed by atoms with Crippen molar-refractivity contribution in [1.29, 1.82) is 0 Å². The summed E-state index contributed by atoms with van der Waals surface area (Å²) >= 11 is 0. The van der Waals surface area contributed by atoms with Gasteiger partial charge in [-0.2, -0.15) is 4.39 Å². The molecule has 0 bridgehead atoms. The maximum Gasteiger partial charge on any atom is 0.233 e. The van der Waals surface area contributed by atoms with E-state index in [9.17, 15) is 9.18 Å². The molecule has 5 nitrogen and oxygen atoms in total. The highest BCUT2D eigenvalue weighted by Gasteiger charge is 2.25. The lowest BCUT2D eigenvalue weighted by molar-refractivity contribution is -0.121. The van der Waals surface area contributed by atoms with Gasteiger partial charge in [0.15, 0.2) is 0 Å². The van der Waals surface area contributed by atoms with E-state index < -0.39 is 5.95 Å². The van der Waals surface area contributed by atoms with E-state index in [2.05, 4.69) is 27.0 Å². The summed E-state index contributed by atoms with van der Waals surface area (Å²) < 4.78 is 13.1. The summed E-state index contributed by atoms with van der Waals surface area (Å²) in [6.07, 6.45) is 0. The number of amides is 1. The van der Waals surface area contributed by atoms with Crippen molar-refractivity contribution < 1.29 is 9.18 Å². The first kappa shape index (κ1) is 13.7. The van der Waals surface area contributed by atoms with Gasteiger partial charge in [0.05, 0.1) is 6.54 Å². The second kappa shape index (κ2) is 5.97. The third kappa shape index (κ3) is 3.41. The van der Waals surface area contributed by atoms with Gasteiger partial charge in [0.2, 0.25) is 11.9 Å². The van der Waals surface area contributed by atoms with Gasteiger partial charge in [-0.1, -0.05) is 6.07 Å². The number of piperazine rings is 1. The minimum Gasteiger partial charge on any atom is -0.358 e. The highest BCUT2D eigenvalue weighted by molar-refractivity contribution is 5.77. The van der Waals surface area contributed by atoms with Gasteiger partial charge in [-0.3, -0.25) is 9.69 Å². The number of halogens is 1. The first-order chi connectivity index (χ1) is 9.10. The lowest BCUT2D eigenvalue weighted by Crippen LogP contribution is -2.54. The average molecular weight is 266 g/mol. The summed E-state index contributed by atoms with van der Waals surface area (Å²) in [4.78, 5) is 19.4. The van der Waals surface area contributed by atoms with Crippen LogP contribution in [0.1, 0.15) is 6.92 Å². The van der Waals surface area contributed by atoms with Crippen LogP contribution in [-0.4, -0.2) is 55.1 Å². The number of nitrogens with zero attached hydrogens (tertiary/aromatic N) is 3. The van der Waals surface area contributed by atoms with Crippen LogP contribution in [0.4, 0.5) is 10.2 Å². The first-order valence-electron chi connectivity index (χ1n) is 6.42. The van der Waals surface area contributed by atoms with E-state index in [1.54, 1.807) is 13.1 Å². The molecule has 1 aromatic heterocycles. The summed E-state index contributed by atoms with van der Waals surface area (Å²) in [5, 5.41) is 2.62. The van der Waals surface area contributed by atoms with Crippen molar-refractivity contribution in [3.63, 3.8) is 0 Å². The monoisotopic (exact) mass is 266 g/mol. The Bertz CT molecular complexity index is 454. The molecular formula is C13H19FN4O. The SMILES string of the molecule is CNC(=O)CN1CCN(c2cccc(F)n2)C(C)C1. The van der Waals surface area contributed by atoms with E-state index in [-0.39, 0.29) is 11.9 Å². The summed E-state index contributed by atoms with van der Waals surface area (Å²) in [6.45, 7) is 4.75. The molecule has 1 saturated heterocycles. The van der Waals surface area contributed by atoms with Crippen LogP contribution in [-0.2, 0) is 4.79 Å². The molecule has 1 aliphatic heterocycles. The number of carbonyl (C=O) groups is 1. The van der Waals surface area contributed by atoms with Gasteiger partial charge in [0.1, 0.15) is 5.82 Å². The predicted molar refractivity (Wildman–Crippen MR) is 71.5 cm³/mol. The van der Waals surface area contributed by atoms with Crippen molar-refractivity contribution in [1.82, 2.24) is 15.2 Å². The number of rotatable bonds is 3. The smallest absolute Gasteiger partial charge is 0.233 e. The Morgan fingerprint density at radius 2 is 2.32 bits per heavy atom. The van der Waals surface area contributed by atoms with Gasteiger partial charge in [-0.05, 0) is 19.1 Å². The molecule has 6 heteroatoms. The van der Waals surface area contributed by atoms with Gasteiger partial charge < -0.3 is 10.2 Å². The van der Waals surface area contributed by atoms with Crippen molar-refractivity contribution in [3.05, 3.63) is 24.1 Å². The van der Waals surface area contributed by atoms with Crippen LogP contribution in [0.15, 0.2) is 18.2 Å². The van der Waals surface area contributed by atoms with Gasteiger partial charge in [-0.25, -0.2) is 4.98 Å². The van der Waals surface area contributed by atoms with E-state index in [4.69, 9.17) is 0 Å². The molecule has 1 amide bonds. The van der Waals surface area contributed by atoms with Crippen molar-refractivity contribution in [2.24, 2.45) is 0 Å². The fourth-order valence-electron chi connectivity index (χ4n) is 2.36. The molecule has 19 heavy (non-hydrogen) atoms. The van der Waals surface area contributed by atoms with Crippen molar-refractivity contribution >= 4 is 11.7 Å². The molecule has 1 unspecified atom stereocenters. The number of anilines is 1. The molecule has 1 N–H and O–H groups in total. The Balaban J connectivity index is 1.99. The van der Waals surface area contributed by atoms with Crippen LogP contribution >= 0.6 is 0 Å². The quantitative estimate of drug-likeness (QED) is 0.808. The zero-order chi connectivity index (χ0) is 13.8. The molecule has 1 aliphatic rings. The predicted octanol–water partition coefficient (Wildman–Crippen LogP) is 0.477. The maximum absolute atomic E-state index is 13.1. The van der Waals surface area contributed by atoms with Crippen LogP contribution in [0.5, 0.6) is 0 Å². The Morgan fingerprint density at radius 3 is 2.95 bits per heavy atom. The Kier molecular flexibility index (Phi) is 4.31. The minimum atomic E-state index is -0.461. The van der Waals surface area contributed by atoms with Crippen LogP contribution in [0.3, 0.4) is 0 Å². The van der Waals surface area contributed by atoms with Crippen molar-refractivity contribution in [3.8, 4) is 0 Å². The van der Waals surface area contributed by atoms with Crippen LogP contribution in [0.2, 0.25) is 0 Å². The number of likely N-dealkylation sites (N-methyl/N-ethyl adjacent to an activating group) is 1. The molecule has 1 aromatic rings. The van der Waals surface area contributed by atoms with Crippen LogP contribution < -0.4 is 10.2 Å². The topological polar surface area (TPSA) is 48.5 Å². The van der Waals surface area contributed by atoms with E-state index in [1.165, 1.54) is 6.07 Å². The third-order valence-electron chi connectivity index (χ3n) is 3.35. The molecule has 1 atom stereocenters. The van der Waals surface area contributed by atoms with Gasteiger partial charge in [0, 0.05) is 32.7 Å². The molecule has 104 valence electrons. The largest absolute Gasteiger partial charge is 0.358 e. The van der Waals surface area contributed by atoms with E-state index in [1.807, 2.05) is 6.07 Å². The standard InChI is InChI=1S/C13H19FN4O/c1-10-8-17(9-13(19)15-2)6-7-18(10)12-5-3-4-11(14)16-12/h3-5,10H,6-9H2,1-2H3,(H,15,19). The van der Waals surface area contributed by atoms with Gasteiger partial charge in [0.25, 0.3) is 0 Å². The lowest BCUT2D eigenvalue weighted by Gasteiger charge is -2.40. The Hall–Kier alpha value is -1.69. The highest BCUT2D eigenvalue weighted by Crippen LogP contribution is 2.18. The molecule has 0 aromatic carbocycles. The number of nitrogens with one attached hydrogen (secondary N) is 1. The second-order valence-electron chi connectivity index (χ2n) is 4.77. The van der Waals surface area contributed by atoms with Crippen LogP contribution in [0, 0.1) is 5.95 Å². The number of hydrogen-bond donors (Lipinski definition) is 1. The number of pyridine rings is 1. The Morgan fingerprint density at radius 1 is 1.53 bits per heavy atom. The lowest BCUT2D eigenvalue weighted by atomic mass is 10.2. The fourth-order valence-corrected chi connectivity index (χ4v) is 2.36. The number of carbonyl (C=O) groups excluding carboxylic acids is 1. The second-order valence-corrected chi connectivity index (χ2v) is 4.77. The van der Waals surface area contributed by atoms with E-state index >= 15 is 0 Å². The van der Waals surface area contributed by atoms with Crippen molar-refractivity contribution in [2.75, 3.05) is 38.1 Å². The molecule has 0 saturated carbocycles. The van der Waals surface area contributed by atoms with Gasteiger partial charge in [-0.15, -0.1) is 0 Å². The molecule has 1 fully saturated rings. The summed E-state index contributed by atoms with van der Waals surface area (Å²) in [5.74, 6) is 0.217. The molecular weight excluding hydrogens is 247 g/mol. The molecule has 2 heterocycles. The normalized spacial score (nSPS) is 20.4. The maximum atomic E-state index is 13.1. The molecule has 0 radical (unpaired) electrons. The molecule has 0 aliphatic carbocycles. The van der Waals surface area contributed by atoms with E-state index in [0.29, 0.717) is 12.4 Å². The van der Waals surface area contributed by atoms with Gasteiger partial charge >= 0.3 is 0 Å². The highest BCUT2D eigenvalue weighted by atomic mass is 19.1. The Labute approximate surface area is 112 Å². The van der Waals surface area contributed by atoms with Crippen molar-refractivity contribution in [2.45, 2.75) is 13.0 Å². The fraction of sp³-hybridized carbons (Fsp3) is 0.538. The minimum absolute atomic E-state index is 0.0181. The summed E-state index contributed by atoms with van der Waals surface area (Å²) in [6, 6.07) is 5.03.